The summed E-state index contributed by atoms with van der Waals surface area (Å²) in [5.41, 5.74) is 0.867. The lowest BCUT2D eigenvalue weighted by atomic mass is 9.67. The Morgan fingerprint density at radius 1 is 1.23 bits per heavy atom. The average Bonchev–Trinajstić information content (AvgIpc) is 2.89. The zero-order valence-electron chi connectivity index (χ0n) is 12.0. The molecule has 0 unspecified atom stereocenters. The molecule has 0 spiro atoms. The van der Waals surface area contributed by atoms with Crippen LogP contribution in [0.5, 0.6) is 0 Å². The number of nitrogens with zero attached hydrogens (tertiary/aromatic N) is 2. The van der Waals surface area contributed by atoms with Gasteiger partial charge in [0.1, 0.15) is 0 Å². The summed E-state index contributed by atoms with van der Waals surface area (Å²) in [6.45, 7) is 0.934. The highest BCUT2D eigenvalue weighted by atomic mass is 35.5. The molecule has 2 N–H and O–H groups in total. The van der Waals surface area contributed by atoms with E-state index in [4.69, 9.17) is 32.8 Å². The molecule has 7 heteroatoms. The van der Waals surface area contributed by atoms with Gasteiger partial charge >= 0.3 is 6.01 Å². The first-order valence-electron chi connectivity index (χ1n) is 7.25. The average molecular weight is 342 g/mol. The minimum atomic E-state index is 0.156. The predicted molar refractivity (Wildman–Crippen MR) is 86.2 cm³/mol. The minimum absolute atomic E-state index is 0.156. The Morgan fingerprint density at radius 3 is 2.55 bits per heavy atom. The van der Waals surface area contributed by atoms with Crippen LogP contribution in [0.25, 0.3) is 11.4 Å². The van der Waals surface area contributed by atoms with Crippen molar-refractivity contribution in [2.24, 2.45) is 5.41 Å². The number of benzene rings is 1. The second kappa shape index (κ2) is 6.44. The Kier molecular flexibility index (Phi) is 4.57. The SMILES string of the molecule is OCCC1(CNc2nc(-c3cc(Cl)cc(Cl)c3)no2)CCC1. The number of hydrogen-bond acceptors (Lipinski definition) is 5. The Bertz CT molecular complexity index is 636. The molecule has 0 aliphatic heterocycles. The predicted octanol–water partition coefficient (Wildman–Crippen LogP) is 4.01. The lowest BCUT2D eigenvalue weighted by Gasteiger charge is -2.41. The van der Waals surface area contributed by atoms with E-state index in [9.17, 15) is 0 Å². The fourth-order valence-corrected chi connectivity index (χ4v) is 3.31. The van der Waals surface area contributed by atoms with Gasteiger partial charge in [0.2, 0.25) is 5.82 Å². The standard InChI is InChI=1S/C15H17Cl2N3O2/c16-11-6-10(7-12(17)8-11)13-19-14(22-20-13)18-9-15(4-5-21)2-1-3-15/h6-8,21H,1-5,9H2,(H,18,19,20). The van der Waals surface area contributed by atoms with Crippen LogP contribution in [-0.2, 0) is 0 Å². The summed E-state index contributed by atoms with van der Waals surface area (Å²) in [5, 5.41) is 17.3. The molecule has 0 amide bonds. The van der Waals surface area contributed by atoms with Gasteiger partial charge in [-0.25, -0.2) is 0 Å². The summed E-state index contributed by atoms with van der Waals surface area (Å²) >= 11 is 12.0. The third-order valence-corrected chi connectivity index (χ3v) is 4.65. The van der Waals surface area contributed by atoms with Gasteiger partial charge in [-0.15, -0.1) is 0 Å². The highest BCUT2D eigenvalue weighted by molar-refractivity contribution is 6.35. The quantitative estimate of drug-likeness (QED) is 0.830. The summed E-state index contributed by atoms with van der Waals surface area (Å²) in [6, 6.07) is 5.50. The number of rotatable bonds is 6. The molecule has 1 aromatic carbocycles. The van der Waals surface area contributed by atoms with Crippen molar-refractivity contribution in [2.75, 3.05) is 18.5 Å². The van der Waals surface area contributed by atoms with Gasteiger partial charge in [0.25, 0.3) is 0 Å². The van der Waals surface area contributed by atoms with E-state index < -0.39 is 0 Å². The number of nitrogens with one attached hydrogen (secondary N) is 1. The Balaban J connectivity index is 1.68. The molecule has 1 fully saturated rings. The van der Waals surface area contributed by atoms with Crippen LogP contribution in [0.1, 0.15) is 25.7 Å². The summed E-state index contributed by atoms with van der Waals surface area (Å²) in [5.74, 6) is 0.441. The van der Waals surface area contributed by atoms with Crippen LogP contribution < -0.4 is 5.32 Å². The number of halogens is 2. The molecule has 1 aromatic heterocycles. The van der Waals surface area contributed by atoms with Gasteiger partial charge in [0, 0.05) is 28.8 Å². The number of hydrogen-bond donors (Lipinski definition) is 2. The highest BCUT2D eigenvalue weighted by Gasteiger charge is 2.36. The third-order valence-electron chi connectivity index (χ3n) is 4.22. The molecule has 0 bridgehead atoms. The zero-order valence-corrected chi connectivity index (χ0v) is 13.5. The third kappa shape index (κ3) is 3.37. The van der Waals surface area contributed by atoms with Gasteiger partial charge in [-0.05, 0) is 42.9 Å². The van der Waals surface area contributed by atoms with Crippen molar-refractivity contribution in [3.63, 3.8) is 0 Å². The van der Waals surface area contributed by atoms with Crippen molar-refractivity contribution in [3.8, 4) is 11.4 Å². The van der Waals surface area contributed by atoms with E-state index in [2.05, 4.69) is 15.5 Å². The molecule has 1 heterocycles. The van der Waals surface area contributed by atoms with Crippen LogP contribution in [0.2, 0.25) is 10.0 Å². The van der Waals surface area contributed by atoms with Crippen LogP contribution in [0.15, 0.2) is 22.7 Å². The van der Waals surface area contributed by atoms with Crippen molar-refractivity contribution in [1.82, 2.24) is 10.1 Å². The van der Waals surface area contributed by atoms with Gasteiger partial charge in [0.15, 0.2) is 0 Å². The molecular weight excluding hydrogens is 325 g/mol. The van der Waals surface area contributed by atoms with Gasteiger partial charge in [-0.1, -0.05) is 34.8 Å². The number of aliphatic hydroxyl groups excluding tert-OH is 1. The second-order valence-electron chi connectivity index (χ2n) is 5.76. The maximum Gasteiger partial charge on any atom is 0.321 e. The van der Waals surface area contributed by atoms with Crippen molar-refractivity contribution >= 4 is 29.2 Å². The van der Waals surface area contributed by atoms with E-state index >= 15 is 0 Å². The molecule has 0 radical (unpaired) electrons. The first-order valence-corrected chi connectivity index (χ1v) is 8.01. The Hall–Kier alpha value is -1.30. The second-order valence-corrected chi connectivity index (χ2v) is 6.63. The molecule has 5 nitrogen and oxygen atoms in total. The van der Waals surface area contributed by atoms with Crippen molar-refractivity contribution in [2.45, 2.75) is 25.7 Å². The van der Waals surface area contributed by atoms with Gasteiger partial charge in [-0.2, -0.15) is 4.98 Å². The summed E-state index contributed by atoms with van der Waals surface area (Å²) in [4.78, 5) is 4.32. The van der Waals surface area contributed by atoms with Crippen molar-refractivity contribution in [1.29, 1.82) is 0 Å². The minimum Gasteiger partial charge on any atom is -0.396 e. The fraction of sp³-hybridized carbons (Fsp3) is 0.467. The molecule has 0 saturated heterocycles. The number of aromatic nitrogens is 2. The lowest BCUT2D eigenvalue weighted by Crippen LogP contribution is -2.37. The van der Waals surface area contributed by atoms with E-state index in [0.29, 0.717) is 27.4 Å². The number of aliphatic hydroxyl groups is 1. The summed E-state index contributed by atoms with van der Waals surface area (Å²) < 4.78 is 5.22. The Labute approximate surface area is 138 Å². The molecule has 3 rings (SSSR count). The smallest absolute Gasteiger partial charge is 0.321 e. The molecule has 2 aromatic rings. The van der Waals surface area contributed by atoms with Crippen LogP contribution in [-0.4, -0.2) is 28.4 Å². The maximum absolute atomic E-state index is 9.16. The maximum atomic E-state index is 9.16. The fourth-order valence-electron chi connectivity index (χ4n) is 2.79. The molecule has 1 aliphatic rings. The van der Waals surface area contributed by atoms with E-state index in [1.54, 1.807) is 18.2 Å². The molecular formula is C15H17Cl2N3O2. The Morgan fingerprint density at radius 2 is 1.95 bits per heavy atom. The largest absolute Gasteiger partial charge is 0.396 e. The summed E-state index contributed by atoms with van der Waals surface area (Å²) in [6.07, 6.45) is 4.24. The van der Waals surface area contributed by atoms with Crippen molar-refractivity contribution in [3.05, 3.63) is 28.2 Å². The van der Waals surface area contributed by atoms with Gasteiger partial charge < -0.3 is 14.9 Å². The number of anilines is 1. The van der Waals surface area contributed by atoms with E-state index in [0.717, 1.165) is 25.8 Å². The molecule has 1 saturated carbocycles. The van der Waals surface area contributed by atoms with Gasteiger partial charge in [-0.3, -0.25) is 0 Å². The van der Waals surface area contributed by atoms with Crippen LogP contribution >= 0.6 is 23.2 Å². The first kappa shape index (κ1) is 15.6. The molecule has 0 atom stereocenters. The summed E-state index contributed by atoms with van der Waals surface area (Å²) in [7, 11) is 0. The zero-order chi connectivity index (χ0) is 15.6. The topological polar surface area (TPSA) is 71.2 Å². The van der Waals surface area contributed by atoms with E-state index in [-0.39, 0.29) is 12.0 Å². The van der Waals surface area contributed by atoms with Crippen molar-refractivity contribution < 1.29 is 9.63 Å². The van der Waals surface area contributed by atoms with E-state index in [1.807, 2.05) is 0 Å². The highest BCUT2D eigenvalue weighted by Crippen LogP contribution is 2.43. The molecule has 1 aliphatic carbocycles. The van der Waals surface area contributed by atoms with E-state index in [1.165, 1.54) is 6.42 Å². The van der Waals surface area contributed by atoms with Crippen LogP contribution in [0.3, 0.4) is 0 Å². The lowest BCUT2D eigenvalue weighted by molar-refractivity contribution is 0.101. The normalized spacial score (nSPS) is 16.3. The van der Waals surface area contributed by atoms with Crippen LogP contribution in [0.4, 0.5) is 6.01 Å². The van der Waals surface area contributed by atoms with Gasteiger partial charge in [0.05, 0.1) is 0 Å². The molecule has 22 heavy (non-hydrogen) atoms. The monoisotopic (exact) mass is 341 g/mol. The molecule has 118 valence electrons. The first-order chi connectivity index (χ1) is 10.6. The van der Waals surface area contributed by atoms with Crippen LogP contribution in [0, 0.1) is 5.41 Å².